The largest absolute Gasteiger partial charge is 0.465 e. The molecule has 2 aromatic rings. The highest BCUT2D eigenvalue weighted by Gasteiger charge is 2.12. The van der Waals surface area contributed by atoms with Gasteiger partial charge in [-0.25, -0.2) is 9.59 Å². The number of rotatable bonds is 6. The molecular formula is C17H18N2O4. The molecule has 3 N–H and O–H groups in total. The molecule has 1 amide bonds. The van der Waals surface area contributed by atoms with Crippen LogP contribution in [0.25, 0.3) is 0 Å². The van der Waals surface area contributed by atoms with Crippen molar-refractivity contribution < 1.29 is 19.4 Å². The monoisotopic (exact) mass is 314 g/mol. The second-order valence-electron chi connectivity index (χ2n) is 4.71. The fourth-order valence-corrected chi connectivity index (χ4v) is 2.13. The van der Waals surface area contributed by atoms with Crippen LogP contribution in [-0.2, 0) is 11.3 Å². The van der Waals surface area contributed by atoms with Gasteiger partial charge in [0.2, 0.25) is 0 Å². The number of ether oxygens (including phenoxy) is 1. The number of amides is 1. The van der Waals surface area contributed by atoms with Gasteiger partial charge in [0, 0.05) is 17.9 Å². The molecule has 0 bridgehead atoms. The van der Waals surface area contributed by atoms with Gasteiger partial charge in [0.05, 0.1) is 12.2 Å². The summed E-state index contributed by atoms with van der Waals surface area (Å²) in [6.45, 7) is 2.42. The van der Waals surface area contributed by atoms with E-state index in [1.54, 1.807) is 37.3 Å². The third-order valence-corrected chi connectivity index (χ3v) is 3.15. The molecule has 0 aliphatic rings. The van der Waals surface area contributed by atoms with Crippen LogP contribution in [0.5, 0.6) is 0 Å². The lowest BCUT2D eigenvalue weighted by atomic mass is 10.1. The van der Waals surface area contributed by atoms with Crippen LogP contribution in [0.2, 0.25) is 0 Å². The van der Waals surface area contributed by atoms with Crippen LogP contribution in [0.15, 0.2) is 48.5 Å². The summed E-state index contributed by atoms with van der Waals surface area (Å²) >= 11 is 0. The van der Waals surface area contributed by atoms with Gasteiger partial charge < -0.3 is 15.2 Å². The lowest BCUT2D eigenvalue weighted by molar-refractivity contribution is 0.0527. The van der Waals surface area contributed by atoms with Crippen LogP contribution in [0.3, 0.4) is 0 Å². The van der Waals surface area contributed by atoms with Gasteiger partial charge in [-0.3, -0.25) is 5.32 Å². The lowest BCUT2D eigenvalue weighted by Crippen LogP contribution is -2.12. The fourth-order valence-electron chi connectivity index (χ4n) is 2.13. The van der Waals surface area contributed by atoms with Crippen molar-refractivity contribution in [2.45, 2.75) is 13.5 Å². The Labute approximate surface area is 134 Å². The van der Waals surface area contributed by atoms with Crippen molar-refractivity contribution in [3.05, 3.63) is 59.7 Å². The average molecular weight is 314 g/mol. The third-order valence-electron chi connectivity index (χ3n) is 3.15. The molecule has 0 aromatic heterocycles. The van der Waals surface area contributed by atoms with Gasteiger partial charge in [0.25, 0.3) is 0 Å². The first-order valence-corrected chi connectivity index (χ1v) is 7.19. The Morgan fingerprint density at radius 2 is 1.70 bits per heavy atom. The molecule has 0 heterocycles. The van der Waals surface area contributed by atoms with Gasteiger partial charge in [-0.2, -0.15) is 0 Å². The number of benzene rings is 2. The smallest absolute Gasteiger partial charge is 0.409 e. The number of carbonyl (C=O) groups excluding carboxylic acids is 1. The maximum absolute atomic E-state index is 11.9. The molecule has 0 saturated heterocycles. The highest BCUT2D eigenvalue weighted by Crippen LogP contribution is 2.20. The van der Waals surface area contributed by atoms with Crippen molar-refractivity contribution in [1.29, 1.82) is 0 Å². The van der Waals surface area contributed by atoms with Gasteiger partial charge in [-0.15, -0.1) is 0 Å². The molecule has 0 spiro atoms. The van der Waals surface area contributed by atoms with Crippen LogP contribution in [0.4, 0.5) is 16.2 Å². The number of carbonyl (C=O) groups is 2. The minimum absolute atomic E-state index is 0.304. The van der Waals surface area contributed by atoms with Crippen molar-refractivity contribution in [2.24, 2.45) is 0 Å². The number of carboxylic acid groups (broad SMARTS) is 1. The zero-order valence-electron chi connectivity index (χ0n) is 12.7. The molecule has 0 unspecified atom stereocenters. The van der Waals surface area contributed by atoms with E-state index in [-0.39, 0.29) is 0 Å². The van der Waals surface area contributed by atoms with Gasteiger partial charge in [0.1, 0.15) is 0 Å². The van der Waals surface area contributed by atoms with E-state index in [0.29, 0.717) is 30.1 Å². The standard InChI is InChI=1S/C17H18N2O4/c1-2-23-16(20)13-8-4-6-10-15(13)18-11-12-7-3-5-9-14(12)19-17(21)22/h3-10,18-19H,2,11H2,1H3,(H,21,22). The summed E-state index contributed by atoms with van der Waals surface area (Å²) in [6, 6.07) is 14.1. The van der Waals surface area contributed by atoms with E-state index in [0.717, 1.165) is 5.56 Å². The molecule has 23 heavy (non-hydrogen) atoms. The van der Waals surface area contributed by atoms with Crippen LogP contribution in [0, 0.1) is 0 Å². The molecule has 120 valence electrons. The van der Waals surface area contributed by atoms with Crippen molar-refractivity contribution in [1.82, 2.24) is 0 Å². The van der Waals surface area contributed by atoms with Crippen LogP contribution in [-0.4, -0.2) is 23.8 Å². The van der Waals surface area contributed by atoms with E-state index in [9.17, 15) is 9.59 Å². The molecule has 6 heteroatoms. The Bertz CT molecular complexity index is 700. The molecule has 0 atom stereocenters. The average Bonchev–Trinajstić information content (AvgIpc) is 2.54. The van der Waals surface area contributed by atoms with Gasteiger partial charge in [-0.05, 0) is 30.7 Å². The molecule has 6 nitrogen and oxygen atoms in total. The molecule has 0 saturated carbocycles. The Balaban J connectivity index is 2.16. The number of hydrogen-bond acceptors (Lipinski definition) is 4. The number of hydrogen-bond donors (Lipinski definition) is 3. The second kappa shape index (κ2) is 7.84. The summed E-state index contributed by atoms with van der Waals surface area (Å²) in [5, 5.41) is 14.4. The molecule has 2 rings (SSSR count). The predicted molar refractivity (Wildman–Crippen MR) is 87.8 cm³/mol. The van der Waals surface area contributed by atoms with E-state index in [2.05, 4.69) is 10.6 Å². The molecule has 0 fully saturated rings. The zero-order chi connectivity index (χ0) is 16.7. The first-order chi connectivity index (χ1) is 11.1. The first-order valence-electron chi connectivity index (χ1n) is 7.19. The maximum Gasteiger partial charge on any atom is 0.409 e. The summed E-state index contributed by atoms with van der Waals surface area (Å²) in [6.07, 6.45) is -1.12. The van der Waals surface area contributed by atoms with Gasteiger partial charge >= 0.3 is 12.1 Å². The van der Waals surface area contributed by atoms with E-state index < -0.39 is 12.1 Å². The predicted octanol–water partition coefficient (Wildman–Crippen LogP) is 3.57. The number of nitrogens with one attached hydrogen (secondary N) is 2. The first kappa shape index (κ1) is 16.4. The van der Waals surface area contributed by atoms with Gasteiger partial charge in [-0.1, -0.05) is 30.3 Å². The van der Waals surface area contributed by atoms with Crippen LogP contribution in [0.1, 0.15) is 22.8 Å². The summed E-state index contributed by atoms with van der Waals surface area (Å²) in [5.41, 5.74) is 2.35. The van der Waals surface area contributed by atoms with E-state index >= 15 is 0 Å². The second-order valence-corrected chi connectivity index (χ2v) is 4.71. The molecule has 0 aliphatic heterocycles. The molecule has 0 radical (unpaired) electrons. The summed E-state index contributed by atoms with van der Waals surface area (Å²) in [4.78, 5) is 22.8. The van der Waals surface area contributed by atoms with E-state index in [1.165, 1.54) is 0 Å². The fraction of sp³-hybridized carbons (Fsp3) is 0.176. The Morgan fingerprint density at radius 1 is 1.04 bits per heavy atom. The SMILES string of the molecule is CCOC(=O)c1ccccc1NCc1ccccc1NC(=O)O. The van der Waals surface area contributed by atoms with Crippen molar-refractivity contribution >= 4 is 23.4 Å². The number of para-hydroxylation sites is 2. The molecule has 2 aromatic carbocycles. The highest BCUT2D eigenvalue weighted by molar-refractivity contribution is 5.95. The normalized spacial score (nSPS) is 9.96. The Morgan fingerprint density at radius 3 is 2.39 bits per heavy atom. The molecule has 0 aliphatic carbocycles. The van der Waals surface area contributed by atoms with E-state index in [4.69, 9.17) is 9.84 Å². The lowest BCUT2D eigenvalue weighted by Gasteiger charge is -2.13. The van der Waals surface area contributed by atoms with Crippen LogP contribution < -0.4 is 10.6 Å². The highest BCUT2D eigenvalue weighted by atomic mass is 16.5. The van der Waals surface area contributed by atoms with Crippen molar-refractivity contribution in [3.8, 4) is 0 Å². The third kappa shape index (κ3) is 4.47. The quantitative estimate of drug-likeness (QED) is 0.710. The zero-order valence-corrected chi connectivity index (χ0v) is 12.7. The Hall–Kier alpha value is -3.02. The van der Waals surface area contributed by atoms with Gasteiger partial charge in [0.15, 0.2) is 0 Å². The van der Waals surface area contributed by atoms with Crippen molar-refractivity contribution in [3.63, 3.8) is 0 Å². The Kier molecular flexibility index (Phi) is 5.57. The number of esters is 1. The molecular weight excluding hydrogens is 296 g/mol. The van der Waals surface area contributed by atoms with Crippen LogP contribution >= 0.6 is 0 Å². The summed E-state index contributed by atoms with van der Waals surface area (Å²) < 4.78 is 5.03. The summed E-state index contributed by atoms with van der Waals surface area (Å²) in [5.74, 6) is -0.396. The number of anilines is 2. The summed E-state index contributed by atoms with van der Waals surface area (Å²) in [7, 11) is 0. The van der Waals surface area contributed by atoms with E-state index in [1.807, 2.05) is 18.2 Å². The topological polar surface area (TPSA) is 87.7 Å². The maximum atomic E-state index is 11.9. The van der Waals surface area contributed by atoms with Crippen molar-refractivity contribution in [2.75, 3.05) is 17.2 Å². The minimum atomic E-state index is -1.12. The minimum Gasteiger partial charge on any atom is -0.465 e.